The maximum Gasteiger partial charge on any atom is 0.225 e. The van der Waals surface area contributed by atoms with Gasteiger partial charge < -0.3 is 10.2 Å². The SMILES string of the molecule is O=C(NCc1cccc(F)c1)[C@@H]1CCC(=O)N(C2CCCC2)C1. The number of hydrogen-bond acceptors (Lipinski definition) is 2. The highest BCUT2D eigenvalue weighted by Gasteiger charge is 2.34. The summed E-state index contributed by atoms with van der Waals surface area (Å²) < 4.78 is 13.2. The topological polar surface area (TPSA) is 49.4 Å². The number of likely N-dealkylation sites (tertiary alicyclic amines) is 1. The molecule has 2 amide bonds. The van der Waals surface area contributed by atoms with E-state index in [-0.39, 0.29) is 23.5 Å². The van der Waals surface area contributed by atoms with Crippen molar-refractivity contribution in [2.75, 3.05) is 6.54 Å². The lowest BCUT2D eigenvalue weighted by Gasteiger charge is -2.36. The molecule has 23 heavy (non-hydrogen) atoms. The first kappa shape index (κ1) is 16.0. The molecule has 0 spiro atoms. The van der Waals surface area contributed by atoms with Gasteiger partial charge in [0, 0.05) is 25.6 Å². The monoisotopic (exact) mass is 318 g/mol. The molecule has 4 nitrogen and oxygen atoms in total. The van der Waals surface area contributed by atoms with Gasteiger partial charge in [-0.15, -0.1) is 0 Å². The van der Waals surface area contributed by atoms with E-state index in [1.165, 1.54) is 25.0 Å². The van der Waals surface area contributed by atoms with Crippen molar-refractivity contribution in [3.8, 4) is 0 Å². The van der Waals surface area contributed by atoms with Gasteiger partial charge in [-0.2, -0.15) is 0 Å². The lowest BCUT2D eigenvalue weighted by atomic mass is 9.94. The molecule has 1 saturated carbocycles. The fraction of sp³-hybridized carbons (Fsp3) is 0.556. The minimum absolute atomic E-state index is 0.0373. The van der Waals surface area contributed by atoms with Crippen LogP contribution in [-0.4, -0.2) is 29.3 Å². The summed E-state index contributed by atoms with van der Waals surface area (Å²) in [5.74, 6) is -0.301. The number of rotatable bonds is 4. The van der Waals surface area contributed by atoms with Crippen molar-refractivity contribution in [2.45, 2.75) is 51.1 Å². The fourth-order valence-corrected chi connectivity index (χ4v) is 3.63. The number of carbonyl (C=O) groups excluding carboxylic acids is 2. The molecular weight excluding hydrogens is 295 g/mol. The van der Waals surface area contributed by atoms with Gasteiger partial charge in [-0.3, -0.25) is 9.59 Å². The molecule has 1 aromatic carbocycles. The Hall–Kier alpha value is -1.91. The summed E-state index contributed by atoms with van der Waals surface area (Å²) in [6, 6.07) is 6.56. The lowest BCUT2D eigenvalue weighted by molar-refractivity contribution is -0.140. The Kier molecular flexibility index (Phi) is 4.94. The molecule has 1 aromatic rings. The second-order valence-electron chi connectivity index (χ2n) is 6.57. The Labute approximate surface area is 136 Å². The average Bonchev–Trinajstić information content (AvgIpc) is 3.07. The van der Waals surface area contributed by atoms with Crippen molar-refractivity contribution in [3.63, 3.8) is 0 Å². The molecule has 5 heteroatoms. The number of halogens is 1. The minimum atomic E-state index is -0.299. The van der Waals surface area contributed by atoms with E-state index in [2.05, 4.69) is 5.32 Å². The van der Waals surface area contributed by atoms with Crippen LogP contribution in [0.2, 0.25) is 0 Å². The molecule has 0 aromatic heterocycles. The summed E-state index contributed by atoms with van der Waals surface area (Å²) >= 11 is 0. The zero-order chi connectivity index (χ0) is 16.2. The first-order valence-electron chi connectivity index (χ1n) is 8.45. The molecule has 1 atom stereocenters. The van der Waals surface area contributed by atoms with E-state index in [0.29, 0.717) is 32.0 Å². The van der Waals surface area contributed by atoms with E-state index >= 15 is 0 Å². The Morgan fingerprint density at radius 1 is 1.26 bits per heavy atom. The van der Waals surface area contributed by atoms with Crippen LogP contribution >= 0.6 is 0 Å². The van der Waals surface area contributed by atoms with Crippen LogP contribution in [0.4, 0.5) is 4.39 Å². The summed E-state index contributed by atoms with van der Waals surface area (Å²) in [4.78, 5) is 26.4. The second kappa shape index (κ2) is 7.11. The third-order valence-corrected chi connectivity index (χ3v) is 4.94. The lowest BCUT2D eigenvalue weighted by Crippen LogP contribution is -2.49. The summed E-state index contributed by atoms with van der Waals surface area (Å²) in [6.45, 7) is 0.850. The third-order valence-electron chi connectivity index (χ3n) is 4.94. The van der Waals surface area contributed by atoms with E-state index in [1.54, 1.807) is 12.1 Å². The van der Waals surface area contributed by atoms with Gasteiger partial charge in [0.05, 0.1) is 5.92 Å². The Balaban J connectivity index is 1.55. The second-order valence-corrected chi connectivity index (χ2v) is 6.57. The molecule has 1 saturated heterocycles. The smallest absolute Gasteiger partial charge is 0.225 e. The van der Waals surface area contributed by atoms with E-state index < -0.39 is 0 Å². The van der Waals surface area contributed by atoms with E-state index in [4.69, 9.17) is 0 Å². The van der Waals surface area contributed by atoms with Crippen molar-refractivity contribution >= 4 is 11.8 Å². The van der Waals surface area contributed by atoms with Gasteiger partial charge in [0.15, 0.2) is 0 Å². The molecule has 1 aliphatic carbocycles. The summed E-state index contributed by atoms with van der Waals surface area (Å²) in [5.41, 5.74) is 0.748. The quantitative estimate of drug-likeness (QED) is 0.928. The van der Waals surface area contributed by atoms with Crippen molar-refractivity contribution in [1.82, 2.24) is 10.2 Å². The number of nitrogens with zero attached hydrogens (tertiary/aromatic N) is 1. The van der Waals surface area contributed by atoms with Crippen LogP contribution in [0.1, 0.15) is 44.1 Å². The highest BCUT2D eigenvalue weighted by molar-refractivity contribution is 5.84. The average molecular weight is 318 g/mol. The minimum Gasteiger partial charge on any atom is -0.352 e. The molecule has 1 N–H and O–H groups in total. The number of benzene rings is 1. The van der Waals surface area contributed by atoms with Crippen molar-refractivity contribution in [2.24, 2.45) is 5.92 Å². The molecule has 1 heterocycles. The standard InChI is InChI=1S/C18H23FN2O2/c19-15-5-3-4-13(10-15)11-20-18(23)14-8-9-17(22)21(12-14)16-6-1-2-7-16/h3-5,10,14,16H,1-2,6-9,11-12H2,(H,20,23)/t14-/m1/s1. The third kappa shape index (κ3) is 3.89. The van der Waals surface area contributed by atoms with E-state index in [1.807, 2.05) is 4.90 Å². The van der Waals surface area contributed by atoms with Crippen LogP contribution in [0, 0.1) is 11.7 Å². The van der Waals surface area contributed by atoms with Crippen LogP contribution in [-0.2, 0) is 16.1 Å². The Morgan fingerprint density at radius 2 is 2.04 bits per heavy atom. The van der Waals surface area contributed by atoms with Gasteiger partial charge in [-0.1, -0.05) is 25.0 Å². The van der Waals surface area contributed by atoms with Crippen molar-refractivity contribution in [3.05, 3.63) is 35.6 Å². The molecule has 0 radical (unpaired) electrons. The predicted molar refractivity (Wildman–Crippen MR) is 84.9 cm³/mol. The maximum atomic E-state index is 13.2. The van der Waals surface area contributed by atoms with Crippen LogP contribution in [0.5, 0.6) is 0 Å². The van der Waals surface area contributed by atoms with E-state index in [9.17, 15) is 14.0 Å². The predicted octanol–water partition coefficient (Wildman–Crippen LogP) is 2.62. The Bertz CT molecular complexity index is 584. The highest BCUT2D eigenvalue weighted by Crippen LogP contribution is 2.28. The number of carbonyl (C=O) groups is 2. The number of amides is 2. The molecule has 0 unspecified atom stereocenters. The normalized spacial score (nSPS) is 22.4. The zero-order valence-electron chi connectivity index (χ0n) is 13.3. The van der Waals surface area contributed by atoms with Crippen LogP contribution in [0.3, 0.4) is 0 Å². The maximum absolute atomic E-state index is 13.2. The molecule has 2 aliphatic rings. The summed E-state index contributed by atoms with van der Waals surface area (Å²) in [5, 5.41) is 2.88. The van der Waals surface area contributed by atoms with Gasteiger partial charge in [-0.05, 0) is 37.0 Å². The van der Waals surface area contributed by atoms with Gasteiger partial charge in [-0.25, -0.2) is 4.39 Å². The highest BCUT2D eigenvalue weighted by atomic mass is 19.1. The molecular formula is C18H23FN2O2. The molecule has 1 aliphatic heterocycles. The zero-order valence-corrected chi connectivity index (χ0v) is 13.3. The largest absolute Gasteiger partial charge is 0.352 e. The van der Waals surface area contributed by atoms with E-state index in [0.717, 1.165) is 18.4 Å². The first-order chi connectivity index (χ1) is 11.1. The molecule has 124 valence electrons. The molecule has 2 fully saturated rings. The molecule has 0 bridgehead atoms. The van der Waals surface area contributed by atoms with Gasteiger partial charge >= 0.3 is 0 Å². The number of nitrogens with one attached hydrogen (secondary N) is 1. The van der Waals surface area contributed by atoms with Crippen LogP contribution < -0.4 is 5.32 Å². The molecule has 3 rings (SSSR count). The van der Waals surface area contributed by atoms with Crippen LogP contribution in [0.15, 0.2) is 24.3 Å². The van der Waals surface area contributed by atoms with Gasteiger partial charge in [0.25, 0.3) is 0 Å². The fourth-order valence-electron chi connectivity index (χ4n) is 3.63. The summed E-state index contributed by atoms with van der Waals surface area (Å²) in [7, 11) is 0. The van der Waals surface area contributed by atoms with Crippen molar-refractivity contribution < 1.29 is 14.0 Å². The number of piperidine rings is 1. The first-order valence-corrected chi connectivity index (χ1v) is 8.45. The van der Waals surface area contributed by atoms with Crippen molar-refractivity contribution in [1.29, 1.82) is 0 Å². The number of hydrogen-bond donors (Lipinski definition) is 1. The van der Waals surface area contributed by atoms with Crippen LogP contribution in [0.25, 0.3) is 0 Å². The van der Waals surface area contributed by atoms with Gasteiger partial charge in [0.1, 0.15) is 5.82 Å². The summed E-state index contributed by atoms with van der Waals surface area (Å²) in [6.07, 6.45) is 5.52. The Morgan fingerprint density at radius 3 is 2.78 bits per heavy atom. The van der Waals surface area contributed by atoms with Gasteiger partial charge in [0.2, 0.25) is 11.8 Å².